The predicted octanol–water partition coefficient (Wildman–Crippen LogP) is 15.8. The van der Waals surface area contributed by atoms with Crippen LogP contribution in [0.2, 0.25) is 0 Å². The van der Waals surface area contributed by atoms with Crippen molar-refractivity contribution in [2.45, 2.75) is 458 Å². The first-order valence-corrected chi connectivity index (χ1v) is 43.5. The monoisotopic (exact) mass is 1510 g/mol. The number of amides is 1. The second kappa shape index (κ2) is 67.0. The van der Waals surface area contributed by atoms with Gasteiger partial charge in [0.15, 0.2) is 18.9 Å². The van der Waals surface area contributed by atoms with Crippen molar-refractivity contribution in [3.05, 3.63) is 60.8 Å². The lowest BCUT2D eigenvalue weighted by Gasteiger charge is -2.48. The molecule has 3 fully saturated rings. The Hall–Kier alpha value is -2.51. The smallest absolute Gasteiger partial charge is 0.220 e. The first kappa shape index (κ1) is 97.7. The molecule has 17 unspecified atom stereocenters. The van der Waals surface area contributed by atoms with Crippen LogP contribution in [0.15, 0.2) is 60.8 Å². The number of carbonyl (C=O) groups is 1. The van der Waals surface area contributed by atoms with Crippen LogP contribution in [0.25, 0.3) is 0 Å². The maximum atomic E-state index is 13.5. The molecule has 19 heteroatoms. The fourth-order valence-corrected chi connectivity index (χ4v) is 14.7. The van der Waals surface area contributed by atoms with Crippen LogP contribution in [0.1, 0.15) is 354 Å². The van der Waals surface area contributed by atoms with Gasteiger partial charge in [0, 0.05) is 6.42 Å². The van der Waals surface area contributed by atoms with E-state index in [4.69, 9.17) is 28.4 Å². The van der Waals surface area contributed by atoms with Crippen molar-refractivity contribution in [2.75, 3.05) is 26.4 Å². The highest BCUT2D eigenvalue weighted by Crippen LogP contribution is 2.33. The largest absolute Gasteiger partial charge is 0.394 e. The topological polar surface area (TPSA) is 307 Å². The van der Waals surface area contributed by atoms with Crippen molar-refractivity contribution < 1.29 is 89.4 Å². The fourth-order valence-electron chi connectivity index (χ4n) is 14.7. The lowest BCUT2D eigenvalue weighted by atomic mass is 9.96. The molecule has 0 saturated carbocycles. The summed E-state index contributed by atoms with van der Waals surface area (Å²) in [7, 11) is 0. The molecule has 0 bridgehead atoms. The van der Waals surface area contributed by atoms with E-state index in [9.17, 15) is 61.0 Å². The Kier molecular flexibility index (Phi) is 61.8. The Morgan fingerprint density at radius 2 is 0.651 bits per heavy atom. The van der Waals surface area contributed by atoms with Crippen molar-refractivity contribution in [2.24, 2.45) is 0 Å². The number of nitrogens with one attached hydrogen (secondary N) is 1. The van der Waals surface area contributed by atoms with Crippen LogP contribution in [-0.2, 0) is 33.2 Å². The van der Waals surface area contributed by atoms with Gasteiger partial charge in [-0.05, 0) is 57.8 Å². The zero-order valence-corrected chi connectivity index (χ0v) is 66.7. The molecule has 3 saturated heterocycles. The number of allylic oxidation sites excluding steroid dienone is 9. The summed E-state index contributed by atoms with van der Waals surface area (Å²) in [5, 5.41) is 121. The van der Waals surface area contributed by atoms with Gasteiger partial charge in [0.2, 0.25) is 5.91 Å². The van der Waals surface area contributed by atoms with Gasteiger partial charge in [-0.3, -0.25) is 4.79 Å². The van der Waals surface area contributed by atoms with E-state index < -0.39 is 124 Å². The average molecular weight is 1510 g/mol. The Balaban J connectivity index is 1.29. The molecule has 3 heterocycles. The molecule has 3 aliphatic rings. The molecule has 0 aromatic carbocycles. The quantitative estimate of drug-likeness (QED) is 0.0199. The van der Waals surface area contributed by atoms with Crippen LogP contribution in [0, 0.1) is 0 Å². The molecule has 620 valence electrons. The highest BCUT2D eigenvalue weighted by molar-refractivity contribution is 5.76. The molecule has 106 heavy (non-hydrogen) atoms. The van der Waals surface area contributed by atoms with Crippen molar-refractivity contribution >= 4 is 5.91 Å². The third-order valence-corrected chi connectivity index (χ3v) is 21.6. The molecule has 0 aromatic rings. The van der Waals surface area contributed by atoms with Crippen LogP contribution in [0.4, 0.5) is 0 Å². The number of aliphatic hydroxyl groups is 11. The summed E-state index contributed by atoms with van der Waals surface area (Å²) in [6, 6.07) is -0.973. The van der Waals surface area contributed by atoms with Crippen LogP contribution in [0.5, 0.6) is 0 Å². The van der Waals surface area contributed by atoms with Crippen LogP contribution in [-0.4, -0.2) is 193 Å². The van der Waals surface area contributed by atoms with E-state index in [1.54, 1.807) is 6.08 Å². The zero-order chi connectivity index (χ0) is 76.7. The van der Waals surface area contributed by atoms with Gasteiger partial charge in [-0.15, -0.1) is 0 Å². The average Bonchev–Trinajstić information content (AvgIpc) is 0.780. The van der Waals surface area contributed by atoms with Crippen LogP contribution in [0.3, 0.4) is 0 Å². The molecule has 0 spiro atoms. The van der Waals surface area contributed by atoms with Gasteiger partial charge in [-0.25, -0.2) is 0 Å². The van der Waals surface area contributed by atoms with E-state index in [-0.39, 0.29) is 18.9 Å². The first-order valence-electron chi connectivity index (χ1n) is 43.5. The minimum Gasteiger partial charge on any atom is -0.394 e. The van der Waals surface area contributed by atoms with Gasteiger partial charge in [0.25, 0.3) is 0 Å². The van der Waals surface area contributed by atoms with E-state index >= 15 is 0 Å². The summed E-state index contributed by atoms with van der Waals surface area (Å²) >= 11 is 0. The summed E-state index contributed by atoms with van der Waals surface area (Å²) in [6.45, 7) is 1.67. The molecule has 0 aromatic heterocycles. The molecule has 0 aliphatic carbocycles. The first-order chi connectivity index (χ1) is 51.8. The fraction of sp³-hybridized carbons (Fsp3) is 0.874. The Morgan fingerprint density at radius 3 is 1.02 bits per heavy atom. The van der Waals surface area contributed by atoms with Gasteiger partial charge in [-0.1, -0.05) is 351 Å². The number of rotatable bonds is 70. The molecular formula is C87H159NO18. The minimum absolute atomic E-state index is 0.247. The lowest BCUT2D eigenvalue weighted by molar-refractivity contribution is -0.379. The van der Waals surface area contributed by atoms with E-state index in [0.717, 1.165) is 70.6 Å². The zero-order valence-electron chi connectivity index (χ0n) is 66.7. The SMILES string of the molecule is CC/C=C\C/C=C\C/C=C\C/C=C\CCCCCCCCCCCCCCCCCCCCCCCCCCCCCCC(=O)NC(COC1OC(CO)C(OC2OC(CO)C(OC3OC(CO)C(O)C(O)C3O)C(O)C2O)C(O)C1O)C(O)/C=C/CCCCCCCCCCCCCCCCCCCC. The second-order valence-corrected chi connectivity index (χ2v) is 31.0. The van der Waals surface area contributed by atoms with Gasteiger partial charge >= 0.3 is 0 Å². The molecule has 1 amide bonds. The van der Waals surface area contributed by atoms with Crippen LogP contribution < -0.4 is 5.32 Å². The van der Waals surface area contributed by atoms with Gasteiger partial charge in [0.05, 0.1) is 38.6 Å². The van der Waals surface area contributed by atoms with Crippen molar-refractivity contribution in [1.29, 1.82) is 0 Å². The number of hydrogen-bond acceptors (Lipinski definition) is 18. The third kappa shape index (κ3) is 45.9. The van der Waals surface area contributed by atoms with Crippen molar-refractivity contribution in [3.8, 4) is 0 Å². The van der Waals surface area contributed by atoms with Gasteiger partial charge in [-0.2, -0.15) is 0 Å². The van der Waals surface area contributed by atoms with Crippen LogP contribution >= 0.6 is 0 Å². The molecule has 3 aliphatic heterocycles. The summed E-state index contributed by atoms with van der Waals surface area (Å²) < 4.78 is 34.5. The highest BCUT2D eigenvalue weighted by Gasteiger charge is 2.54. The maximum Gasteiger partial charge on any atom is 0.220 e. The highest BCUT2D eigenvalue weighted by atomic mass is 16.8. The summed E-state index contributed by atoms with van der Waals surface area (Å²) in [4.78, 5) is 13.5. The van der Waals surface area contributed by atoms with Crippen molar-refractivity contribution in [3.63, 3.8) is 0 Å². The standard InChI is InChI=1S/C87H159NO18/c1-3-5-7-9-11-13-15-17-19-21-23-25-26-27-28-29-30-31-32-33-34-35-36-37-38-39-40-41-42-43-44-45-47-49-51-53-55-57-59-61-63-65-75(93)88-70(71(92)64-62-60-58-56-54-52-50-48-46-24-22-20-18-16-14-12-10-8-6-4-2)69-101-85-81(99)78(96)83(73(67-90)103-85)106-87-82(100)79(97)84(74(68-91)104-87)105-86-80(98)77(95)76(94)72(66-89)102-86/h5,7,11,13,17,19,23,25,62,64,70-74,76-87,89-92,94-100H,3-4,6,8-10,12,14-16,18,20-22,24,26-61,63,65-69H2,1-2H3,(H,88,93)/b7-5-,13-11-,19-17-,25-23-,64-62+. The lowest BCUT2D eigenvalue weighted by Crippen LogP contribution is -2.66. The van der Waals surface area contributed by atoms with E-state index in [0.29, 0.717) is 6.42 Å². The molecule has 19 nitrogen and oxygen atoms in total. The number of carbonyl (C=O) groups excluding carboxylic acids is 1. The second-order valence-electron chi connectivity index (χ2n) is 31.0. The van der Waals surface area contributed by atoms with E-state index in [1.807, 2.05) is 6.08 Å². The third-order valence-electron chi connectivity index (χ3n) is 21.6. The van der Waals surface area contributed by atoms with E-state index in [1.165, 1.54) is 257 Å². The molecule has 0 radical (unpaired) electrons. The summed E-state index contributed by atoms with van der Waals surface area (Å²) in [5.41, 5.74) is 0. The molecule has 3 rings (SSSR count). The number of hydrogen-bond donors (Lipinski definition) is 12. The normalized spacial score (nSPS) is 25.9. The molecular weight excluding hydrogens is 1350 g/mol. The Labute approximate surface area is 643 Å². The Morgan fingerprint density at radius 1 is 0.349 bits per heavy atom. The van der Waals surface area contributed by atoms with Crippen molar-refractivity contribution in [1.82, 2.24) is 5.32 Å². The number of unbranched alkanes of at least 4 members (excludes halogenated alkanes) is 46. The molecule has 17 atom stereocenters. The predicted molar refractivity (Wildman–Crippen MR) is 425 cm³/mol. The van der Waals surface area contributed by atoms with Gasteiger partial charge < -0.3 is 89.9 Å². The Bertz CT molecular complexity index is 2150. The summed E-state index contributed by atoms with van der Waals surface area (Å²) in [5.74, 6) is -0.268. The minimum atomic E-state index is -1.98. The number of ether oxygens (including phenoxy) is 6. The van der Waals surface area contributed by atoms with E-state index in [2.05, 4.69) is 67.8 Å². The maximum absolute atomic E-state index is 13.5. The summed E-state index contributed by atoms with van der Waals surface area (Å²) in [6.07, 6.45) is 60.9. The molecule has 12 N–H and O–H groups in total. The van der Waals surface area contributed by atoms with Gasteiger partial charge in [0.1, 0.15) is 73.2 Å². The number of aliphatic hydroxyl groups excluding tert-OH is 11.